The minimum Gasteiger partial charge on any atom is -0.166 e. The van der Waals surface area contributed by atoms with E-state index in [1.165, 1.54) is 12.1 Å². The number of hydrogen-bond donors (Lipinski definition) is 0. The molecule has 0 bridgehead atoms. The summed E-state index contributed by atoms with van der Waals surface area (Å²) in [7, 11) is 0. The molecule has 112 valence electrons. The van der Waals surface area contributed by atoms with Crippen LogP contribution in [-0.2, 0) is 12.6 Å². The molecule has 0 heterocycles. The van der Waals surface area contributed by atoms with Gasteiger partial charge in [0.1, 0.15) is 0 Å². The number of hydrogen-bond acceptors (Lipinski definition) is 0. The molecular weight excluding hydrogens is 341 g/mol. The smallest absolute Gasteiger partial charge is 0.166 e. The molecule has 0 N–H and O–H groups in total. The predicted octanol–water partition coefficient (Wildman–Crippen LogP) is 6.02. The molecule has 2 rings (SSSR count). The third-order valence-corrected chi connectivity index (χ3v) is 4.86. The van der Waals surface area contributed by atoms with E-state index < -0.39 is 11.7 Å². The molecule has 0 radical (unpaired) electrons. The van der Waals surface area contributed by atoms with E-state index in [9.17, 15) is 13.2 Å². The first-order valence-corrected chi connectivity index (χ1v) is 7.64. The van der Waals surface area contributed by atoms with Gasteiger partial charge in [0.25, 0.3) is 0 Å². The van der Waals surface area contributed by atoms with Gasteiger partial charge in [-0.25, -0.2) is 0 Å². The molecule has 0 aliphatic carbocycles. The van der Waals surface area contributed by atoms with Crippen molar-refractivity contribution in [3.05, 3.63) is 71.3 Å². The highest BCUT2D eigenvalue weighted by molar-refractivity contribution is 9.09. The molecular formula is C17H16BrF3. The molecule has 0 aromatic heterocycles. The zero-order chi connectivity index (χ0) is 15.5. The standard InChI is InChI=1S/C17H16BrF3/c1-12(16(18)14-7-3-2-4-8-14)10-13-6-5-9-15(11-13)17(19,20)21/h2-9,11-12,16H,10H2,1H3. The molecule has 21 heavy (non-hydrogen) atoms. The van der Waals surface area contributed by atoms with Crippen LogP contribution in [0.5, 0.6) is 0 Å². The Bertz CT molecular complexity index is 578. The van der Waals surface area contributed by atoms with Crippen molar-refractivity contribution in [2.24, 2.45) is 5.92 Å². The van der Waals surface area contributed by atoms with Gasteiger partial charge < -0.3 is 0 Å². The molecule has 2 unspecified atom stereocenters. The molecule has 0 fully saturated rings. The zero-order valence-electron chi connectivity index (χ0n) is 11.6. The molecule has 0 amide bonds. The Morgan fingerprint density at radius 1 is 1.00 bits per heavy atom. The average molecular weight is 357 g/mol. The van der Waals surface area contributed by atoms with Crippen LogP contribution in [0, 0.1) is 5.92 Å². The molecule has 4 heteroatoms. The van der Waals surface area contributed by atoms with Gasteiger partial charge in [-0.15, -0.1) is 0 Å². The summed E-state index contributed by atoms with van der Waals surface area (Å²) in [4.78, 5) is 0.119. The van der Waals surface area contributed by atoms with Crippen LogP contribution in [0.3, 0.4) is 0 Å². The lowest BCUT2D eigenvalue weighted by Gasteiger charge is -2.19. The fourth-order valence-electron chi connectivity index (χ4n) is 2.32. The van der Waals surface area contributed by atoms with Crippen LogP contribution >= 0.6 is 15.9 Å². The first-order valence-electron chi connectivity index (χ1n) is 6.73. The van der Waals surface area contributed by atoms with Crippen molar-refractivity contribution in [1.82, 2.24) is 0 Å². The van der Waals surface area contributed by atoms with Gasteiger partial charge in [-0.3, -0.25) is 0 Å². The monoisotopic (exact) mass is 356 g/mol. The van der Waals surface area contributed by atoms with E-state index in [4.69, 9.17) is 0 Å². The average Bonchev–Trinajstić information content (AvgIpc) is 2.47. The fraction of sp³-hybridized carbons (Fsp3) is 0.294. The van der Waals surface area contributed by atoms with E-state index in [1.807, 2.05) is 37.3 Å². The SMILES string of the molecule is CC(Cc1cccc(C(F)(F)F)c1)C(Br)c1ccccc1. The lowest BCUT2D eigenvalue weighted by atomic mass is 9.93. The predicted molar refractivity (Wildman–Crippen MR) is 82.4 cm³/mol. The summed E-state index contributed by atoms with van der Waals surface area (Å²) in [6.07, 6.45) is -3.69. The van der Waals surface area contributed by atoms with E-state index in [-0.39, 0.29) is 10.7 Å². The fourth-order valence-corrected chi connectivity index (χ4v) is 2.81. The van der Waals surface area contributed by atoms with Crippen LogP contribution in [-0.4, -0.2) is 0 Å². The highest BCUT2D eigenvalue weighted by atomic mass is 79.9. The molecule has 0 aliphatic heterocycles. The van der Waals surface area contributed by atoms with Gasteiger partial charge in [0, 0.05) is 4.83 Å². The number of rotatable bonds is 4. The van der Waals surface area contributed by atoms with E-state index in [0.29, 0.717) is 12.0 Å². The van der Waals surface area contributed by atoms with Crippen LogP contribution in [0.1, 0.15) is 28.4 Å². The van der Waals surface area contributed by atoms with E-state index in [2.05, 4.69) is 15.9 Å². The number of alkyl halides is 4. The zero-order valence-corrected chi connectivity index (χ0v) is 13.2. The van der Waals surface area contributed by atoms with Crippen LogP contribution in [0.25, 0.3) is 0 Å². The van der Waals surface area contributed by atoms with E-state index in [0.717, 1.165) is 11.6 Å². The molecule has 2 atom stereocenters. The van der Waals surface area contributed by atoms with E-state index in [1.54, 1.807) is 6.07 Å². The lowest BCUT2D eigenvalue weighted by Crippen LogP contribution is -2.09. The highest BCUT2D eigenvalue weighted by Gasteiger charge is 2.30. The van der Waals surface area contributed by atoms with Crippen LogP contribution in [0.4, 0.5) is 13.2 Å². The van der Waals surface area contributed by atoms with Gasteiger partial charge in [-0.05, 0) is 29.5 Å². The maximum absolute atomic E-state index is 12.7. The van der Waals surface area contributed by atoms with Gasteiger partial charge in [-0.2, -0.15) is 13.2 Å². The maximum Gasteiger partial charge on any atom is 0.416 e. The highest BCUT2D eigenvalue weighted by Crippen LogP contribution is 2.34. The normalized spacial score (nSPS) is 14.7. The minimum absolute atomic E-state index is 0.119. The second kappa shape index (κ2) is 6.65. The summed E-state index contributed by atoms with van der Waals surface area (Å²) < 4.78 is 38.2. The van der Waals surface area contributed by atoms with Crippen LogP contribution < -0.4 is 0 Å². The molecule has 0 saturated carbocycles. The van der Waals surface area contributed by atoms with Crippen LogP contribution in [0.15, 0.2) is 54.6 Å². The second-order valence-electron chi connectivity index (χ2n) is 5.19. The molecule has 0 aliphatic rings. The van der Waals surface area contributed by atoms with Gasteiger partial charge in [-0.1, -0.05) is 71.4 Å². The summed E-state index contributed by atoms with van der Waals surface area (Å²) in [5.41, 5.74) is 1.26. The number of halogens is 4. The number of benzene rings is 2. The Morgan fingerprint density at radius 3 is 2.29 bits per heavy atom. The van der Waals surface area contributed by atoms with Crippen molar-refractivity contribution in [1.29, 1.82) is 0 Å². The molecule has 2 aromatic rings. The van der Waals surface area contributed by atoms with Crippen molar-refractivity contribution in [2.75, 3.05) is 0 Å². The summed E-state index contributed by atoms with van der Waals surface area (Å²) in [6.45, 7) is 2.03. The first-order chi connectivity index (χ1) is 9.88. The largest absolute Gasteiger partial charge is 0.416 e. The van der Waals surface area contributed by atoms with Crippen LogP contribution in [0.2, 0.25) is 0 Å². The lowest BCUT2D eigenvalue weighted by molar-refractivity contribution is -0.137. The van der Waals surface area contributed by atoms with Gasteiger partial charge in [0.15, 0.2) is 0 Å². The topological polar surface area (TPSA) is 0 Å². The third kappa shape index (κ3) is 4.34. The van der Waals surface area contributed by atoms with Gasteiger partial charge in [0.05, 0.1) is 5.56 Å². The van der Waals surface area contributed by atoms with E-state index >= 15 is 0 Å². The molecule has 0 nitrogen and oxygen atoms in total. The Hall–Kier alpha value is -1.29. The summed E-state index contributed by atoms with van der Waals surface area (Å²) >= 11 is 3.64. The molecule has 2 aromatic carbocycles. The van der Waals surface area contributed by atoms with Gasteiger partial charge >= 0.3 is 6.18 Å². The summed E-state index contributed by atoms with van der Waals surface area (Å²) in [5.74, 6) is 0.191. The van der Waals surface area contributed by atoms with Crippen molar-refractivity contribution >= 4 is 15.9 Å². The Balaban J connectivity index is 2.11. The Morgan fingerprint density at radius 2 is 1.67 bits per heavy atom. The van der Waals surface area contributed by atoms with Crippen molar-refractivity contribution in [2.45, 2.75) is 24.3 Å². The van der Waals surface area contributed by atoms with Gasteiger partial charge in [0.2, 0.25) is 0 Å². The minimum atomic E-state index is -4.29. The Kier molecular flexibility index (Phi) is 5.09. The summed E-state index contributed by atoms with van der Waals surface area (Å²) in [5, 5.41) is 0. The third-order valence-electron chi connectivity index (χ3n) is 3.43. The first kappa shape index (κ1) is 16.1. The molecule has 0 spiro atoms. The Labute approximate surface area is 131 Å². The van der Waals surface area contributed by atoms with Crippen molar-refractivity contribution in [3.63, 3.8) is 0 Å². The second-order valence-corrected chi connectivity index (χ2v) is 6.18. The van der Waals surface area contributed by atoms with Crippen molar-refractivity contribution in [3.8, 4) is 0 Å². The van der Waals surface area contributed by atoms with Crippen molar-refractivity contribution < 1.29 is 13.2 Å². The summed E-state index contributed by atoms with van der Waals surface area (Å²) in [6, 6.07) is 15.5. The molecule has 0 saturated heterocycles. The quantitative estimate of drug-likeness (QED) is 0.587. The maximum atomic E-state index is 12.7.